The molecule has 0 unspecified atom stereocenters. The molecule has 5 rings (SSSR count). The second-order valence-corrected chi connectivity index (χ2v) is 12.4. The van der Waals surface area contributed by atoms with Gasteiger partial charge in [-0.15, -0.1) is 0 Å². The number of nitrogens with one attached hydrogen (secondary N) is 1. The number of amides is 1. The lowest BCUT2D eigenvalue weighted by atomic mass is 10.0. The van der Waals surface area contributed by atoms with Crippen molar-refractivity contribution in [3.8, 4) is 0 Å². The molecule has 4 N–H and O–H groups in total. The second kappa shape index (κ2) is 12.8. The van der Waals surface area contributed by atoms with Crippen LogP contribution in [0.3, 0.4) is 0 Å². The number of fused-ring (bicyclic) bond motifs is 1. The Bertz CT molecular complexity index is 1220. The Morgan fingerprint density at radius 1 is 1.07 bits per heavy atom. The summed E-state index contributed by atoms with van der Waals surface area (Å²) in [7, 11) is -4.14. The molecule has 3 fully saturated rings. The van der Waals surface area contributed by atoms with Gasteiger partial charge in [0.15, 0.2) is 6.29 Å². The van der Waals surface area contributed by atoms with E-state index in [2.05, 4.69) is 5.32 Å². The van der Waals surface area contributed by atoms with E-state index >= 15 is 0 Å². The van der Waals surface area contributed by atoms with E-state index in [-0.39, 0.29) is 36.2 Å². The first-order valence-electron chi connectivity index (χ1n) is 13.8. The van der Waals surface area contributed by atoms with Gasteiger partial charge < -0.3 is 30.4 Å². The highest BCUT2D eigenvalue weighted by Gasteiger charge is 2.44. The monoisotopic (exact) mass is 575 g/mol. The van der Waals surface area contributed by atoms with E-state index in [9.17, 15) is 18.3 Å². The van der Waals surface area contributed by atoms with Gasteiger partial charge in [-0.25, -0.2) is 13.2 Å². The van der Waals surface area contributed by atoms with Crippen molar-refractivity contribution < 1.29 is 37.4 Å². The van der Waals surface area contributed by atoms with Crippen molar-refractivity contribution in [2.45, 2.75) is 74.1 Å². The van der Waals surface area contributed by atoms with E-state index in [4.69, 9.17) is 24.8 Å². The van der Waals surface area contributed by atoms with E-state index in [0.717, 1.165) is 42.1 Å². The van der Waals surface area contributed by atoms with Gasteiger partial charge in [-0.2, -0.15) is 0 Å². The van der Waals surface area contributed by atoms with Crippen LogP contribution in [0, 0.1) is 5.92 Å². The van der Waals surface area contributed by atoms with E-state index in [1.54, 1.807) is 0 Å². The average Bonchev–Trinajstić information content (AvgIpc) is 3.70. The normalized spacial score (nSPS) is 24.6. The summed E-state index contributed by atoms with van der Waals surface area (Å²) < 4.78 is 44.8. The van der Waals surface area contributed by atoms with Gasteiger partial charge in [-0.3, -0.25) is 4.84 Å². The molecule has 218 valence electrons. The Kier molecular flexibility index (Phi) is 9.24. The molecule has 40 heavy (non-hydrogen) atoms. The lowest BCUT2D eigenvalue weighted by Gasteiger charge is -2.31. The number of benzene rings is 2. The van der Waals surface area contributed by atoms with Gasteiger partial charge in [0.1, 0.15) is 6.10 Å². The fourth-order valence-corrected chi connectivity index (χ4v) is 6.72. The lowest BCUT2D eigenvalue weighted by Crippen LogP contribution is -2.51. The maximum Gasteiger partial charge on any atom is 0.407 e. The fraction of sp³-hybridized carbons (Fsp3) is 0.536. The number of anilines is 1. The van der Waals surface area contributed by atoms with Crippen molar-refractivity contribution >= 4 is 21.8 Å². The standard InChI is InChI=1S/C28H37N3O8S/c29-20-10-12-22(13-11-20)40(34,35)31(39-21-8-4-5-9-21)17-25(32)24(16-19-6-2-1-3-7-19)30-28(33)38-26-18-37-27-23(26)14-15-36-27/h1-3,6-7,10-13,21,23-27,32H,4-5,8-9,14-18,29H2,(H,30,33)/t23-,24+,25+,26-,27+/m1/s1. The molecule has 2 aromatic rings. The molecule has 2 heterocycles. The van der Waals surface area contributed by atoms with Crippen LogP contribution in [0.1, 0.15) is 37.7 Å². The van der Waals surface area contributed by atoms with Crippen LogP contribution in [-0.2, 0) is 35.5 Å². The molecule has 3 aliphatic rings. The SMILES string of the molecule is Nc1ccc(S(=O)(=O)N(C[C@H](O)[C@H](Cc2ccccc2)NC(=O)O[C@@H]2CO[C@@H]3OCC[C@@H]32)OC2CCCC2)cc1. The zero-order valence-corrected chi connectivity index (χ0v) is 23.1. The number of carbonyl (C=O) groups excluding carboxylic acids is 1. The predicted octanol–water partition coefficient (Wildman–Crippen LogP) is 2.59. The van der Waals surface area contributed by atoms with Gasteiger partial charge in [-0.05, 0) is 55.5 Å². The third-order valence-corrected chi connectivity index (χ3v) is 9.30. The minimum atomic E-state index is -4.14. The van der Waals surface area contributed by atoms with Crippen LogP contribution in [0.5, 0.6) is 0 Å². The lowest BCUT2D eigenvalue weighted by molar-refractivity contribution is -0.145. The molecule has 0 spiro atoms. The topological polar surface area (TPSA) is 150 Å². The summed E-state index contributed by atoms with van der Waals surface area (Å²) in [6.45, 7) is 0.384. The molecule has 5 atom stereocenters. The summed E-state index contributed by atoms with van der Waals surface area (Å²) in [5, 5.41) is 14.2. The Labute approximate surface area is 234 Å². The molecule has 12 heteroatoms. The third kappa shape index (κ3) is 6.93. The van der Waals surface area contributed by atoms with Crippen LogP contribution < -0.4 is 11.1 Å². The predicted molar refractivity (Wildman–Crippen MR) is 145 cm³/mol. The van der Waals surface area contributed by atoms with E-state index in [0.29, 0.717) is 12.3 Å². The molecule has 1 amide bonds. The summed E-state index contributed by atoms with van der Waals surface area (Å²) in [6.07, 6.45) is 1.13. The highest BCUT2D eigenvalue weighted by atomic mass is 32.2. The Morgan fingerprint density at radius 2 is 1.80 bits per heavy atom. The third-order valence-electron chi connectivity index (χ3n) is 7.66. The number of nitrogens with zero attached hydrogens (tertiary/aromatic N) is 1. The molecule has 1 saturated carbocycles. The van der Waals surface area contributed by atoms with Crippen molar-refractivity contribution in [2.75, 3.05) is 25.5 Å². The number of alkyl carbamates (subject to hydrolysis) is 1. The van der Waals surface area contributed by atoms with E-state index < -0.39 is 40.9 Å². The van der Waals surface area contributed by atoms with Crippen LogP contribution in [0.25, 0.3) is 0 Å². The number of sulfonamides is 1. The first kappa shape index (κ1) is 28.8. The van der Waals surface area contributed by atoms with Crippen LogP contribution in [-0.4, -0.2) is 74.5 Å². The molecule has 2 saturated heterocycles. The zero-order chi connectivity index (χ0) is 28.1. The van der Waals surface area contributed by atoms with Gasteiger partial charge in [-0.1, -0.05) is 47.6 Å². The van der Waals surface area contributed by atoms with Crippen molar-refractivity contribution in [2.24, 2.45) is 5.92 Å². The van der Waals surface area contributed by atoms with E-state index in [1.165, 1.54) is 24.3 Å². The Balaban J connectivity index is 1.33. The minimum Gasteiger partial charge on any atom is -0.443 e. The van der Waals surface area contributed by atoms with Crippen LogP contribution >= 0.6 is 0 Å². The van der Waals surface area contributed by atoms with E-state index in [1.807, 2.05) is 30.3 Å². The molecule has 1 aliphatic carbocycles. The van der Waals surface area contributed by atoms with Crippen molar-refractivity contribution in [1.29, 1.82) is 0 Å². The number of hydroxylamine groups is 1. The molecule has 0 aromatic heterocycles. The van der Waals surface area contributed by atoms with Crippen molar-refractivity contribution in [3.63, 3.8) is 0 Å². The molecule has 0 radical (unpaired) electrons. The summed E-state index contributed by atoms with van der Waals surface area (Å²) >= 11 is 0. The summed E-state index contributed by atoms with van der Waals surface area (Å²) in [6, 6.07) is 14.3. The van der Waals surface area contributed by atoms with Crippen LogP contribution in [0.15, 0.2) is 59.5 Å². The number of nitrogen functional groups attached to an aromatic ring is 1. The van der Waals surface area contributed by atoms with Gasteiger partial charge >= 0.3 is 6.09 Å². The molecular weight excluding hydrogens is 538 g/mol. The number of rotatable bonds is 11. The van der Waals surface area contributed by atoms with Crippen LogP contribution in [0.2, 0.25) is 0 Å². The number of hydrogen-bond acceptors (Lipinski definition) is 9. The molecular formula is C28H37N3O8S. The number of carbonyl (C=O) groups is 1. The number of nitrogens with two attached hydrogens (primary N) is 1. The smallest absolute Gasteiger partial charge is 0.407 e. The zero-order valence-electron chi connectivity index (χ0n) is 22.3. The Morgan fingerprint density at radius 3 is 2.52 bits per heavy atom. The molecule has 2 aliphatic heterocycles. The first-order valence-corrected chi connectivity index (χ1v) is 15.2. The number of ether oxygens (including phenoxy) is 3. The van der Waals surface area contributed by atoms with Gasteiger partial charge in [0.25, 0.3) is 10.0 Å². The van der Waals surface area contributed by atoms with Crippen LogP contribution in [0.4, 0.5) is 10.5 Å². The molecule has 11 nitrogen and oxygen atoms in total. The molecule has 0 bridgehead atoms. The fourth-order valence-electron chi connectivity index (χ4n) is 5.42. The summed E-state index contributed by atoms with van der Waals surface area (Å²) in [5.41, 5.74) is 7.04. The summed E-state index contributed by atoms with van der Waals surface area (Å²) in [5.74, 6) is -0.0383. The maximum absolute atomic E-state index is 13.6. The van der Waals surface area contributed by atoms with Gasteiger partial charge in [0, 0.05) is 5.69 Å². The largest absolute Gasteiger partial charge is 0.443 e. The van der Waals surface area contributed by atoms with Gasteiger partial charge in [0.05, 0.1) is 48.8 Å². The van der Waals surface area contributed by atoms with Crippen molar-refractivity contribution in [3.05, 3.63) is 60.2 Å². The summed E-state index contributed by atoms with van der Waals surface area (Å²) in [4.78, 5) is 19.0. The maximum atomic E-state index is 13.6. The number of aliphatic hydroxyl groups is 1. The average molecular weight is 576 g/mol. The minimum absolute atomic E-state index is 0.00607. The molecule has 2 aromatic carbocycles. The Hall–Kier alpha value is -2.74. The first-order chi connectivity index (χ1) is 19.3. The number of aliphatic hydroxyl groups excluding tert-OH is 1. The van der Waals surface area contributed by atoms with Crippen molar-refractivity contribution in [1.82, 2.24) is 9.79 Å². The van der Waals surface area contributed by atoms with Gasteiger partial charge in [0.2, 0.25) is 0 Å². The second-order valence-electron chi connectivity index (χ2n) is 10.5. The highest BCUT2D eigenvalue weighted by molar-refractivity contribution is 7.89. The highest BCUT2D eigenvalue weighted by Crippen LogP contribution is 2.33. The number of hydrogen-bond donors (Lipinski definition) is 3. The quantitative estimate of drug-likeness (QED) is 0.271.